The maximum absolute atomic E-state index is 13.4. The number of carbonyl (C=O) groups excluding carboxylic acids is 1. The van der Waals surface area contributed by atoms with Crippen LogP contribution in [0.1, 0.15) is 15.9 Å². The third-order valence-electron chi connectivity index (χ3n) is 2.60. The van der Waals surface area contributed by atoms with Crippen molar-refractivity contribution in [3.8, 4) is 0 Å². The molecule has 0 N–H and O–H groups in total. The lowest BCUT2D eigenvalue weighted by Gasteiger charge is -1.99. The topological polar surface area (TPSA) is 17.1 Å². The summed E-state index contributed by atoms with van der Waals surface area (Å²) in [4.78, 5) is 11.8. The van der Waals surface area contributed by atoms with Crippen LogP contribution in [0.4, 0.5) is 13.2 Å². The number of halogens is 4. The summed E-state index contributed by atoms with van der Waals surface area (Å²) in [5.74, 6) is -3.16. The number of ketones is 1. The van der Waals surface area contributed by atoms with Crippen molar-refractivity contribution < 1.29 is 18.0 Å². The highest BCUT2D eigenvalue weighted by Crippen LogP contribution is 2.17. The number of allylic oxidation sites excluding steroid dienone is 1. The Hall–Kier alpha value is -2.07. The van der Waals surface area contributed by atoms with Crippen LogP contribution in [0.5, 0.6) is 0 Å². The summed E-state index contributed by atoms with van der Waals surface area (Å²) in [6, 6.07) is 7.14. The first-order valence-electron chi connectivity index (χ1n) is 5.60. The maximum Gasteiger partial charge on any atom is 0.185 e. The molecular weight excluding hydrogens is 289 g/mol. The highest BCUT2D eigenvalue weighted by Gasteiger charge is 2.08. The molecule has 0 saturated heterocycles. The zero-order valence-corrected chi connectivity index (χ0v) is 10.8. The summed E-state index contributed by atoms with van der Waals surface area (Å²) in [5, 5.41) is -0.179. The van der Waals surface area contributed by atoms with Gasteiger partial charge in [-0.1, -0.05) is 23.7 Å². The fraction of sp³-hybridized carbons (Fsp3) is 0. The zero-order chi connectivity index (χ0) is 14.7. The Morgan fingerprint density at radius 2 is 1.80 bits per heavy atom. The van der Waals surface area contributed by atoms with E-state index >= 15 is 0 Å². The van der Waals surface area contributed by atoms with Gasteiger partial charge in [-0.3, -0.25) is 4.79 Å². The molecule has 0 aliphatic carbocycles. The summed E-state index contributed by atoms with van der Waals surface area (Å²) in [6.07, 6.45) is 2.22. The van der Waals surface area contributed by atoms with E-state index in [1.54, 1.807) is 0 Å². The lowest BCUT2D eigenvalue weighted by molar-refractivity contribution is 0.104. The van der Waals surface area contributed by atoms with Crippen molar-refractivity contribution >= 4 is 23.5 Å². The van der Waals surface area contributed by atoms with E-state index in [1.807, 2.05) is 0 Å². The molecule has 102 valence electrons. The molecule has 0 aliphatic rings. The Morgan fingerprint density at radius 3 is 2.50 bits per heavy atom. The van der Waals surface area contributed by atoms with Gasteiger partial charge in [0.25, 0.3) is 0 Å². The van der Waals surface area contributed by atoms with Crippen molar-refractivity contribution in [1.82, 2.24) is 0 Å². The normalized spacial score (nSPS) is 11.0. The van der Waals surface area contributed by atoms with Crippen molar-refractivity contribution in [3.05, 3.63) is 76.1 Å². The molecule has 0 bridgehead atoms. The zero-order valence-electron chi connectivity index (χ0n) is 10.0. The summed E-state index contributed by atoms with van der Waals surface area (Å²) in [6.45, 7) is 0. The molecule has 20 heavy (non-hydrogen) atoms. The average Bonchev–Trinajstić information content (AvgIpc) is 2.43. The van der Waals surface area contributed by atoms with E-state index in [0.717, 1.165) is 24.3 Å². The molecule has 2 aromatic rings. The highest BCUT2D eigenvalue weighted by atomic mass is 35.5. The monoisotopic (exact) mass is 296 g/mol. The van der Waals surface area contributed by atoms with Crippen molar-refractivity contribution in [1.29, 1.82) is 0 Å². The van der Waals surface area contributed by atoms with Crippen molar-refractivity contribution in [3.63, 3.8) is 0 Å². The van der Waals surface area contributed by atoms with Gasteiger partial charge in [0.05, 0.1) is 5.02 Å². The summed E-state index contributed by atoms with van der Waals surface area (Å²) >= 11 is 5.56. The highest BCUT2D eigenvalue weighted by molar-refractivity contribution is 6.31. The molecule has 0 aromatic heterocycles. The number of hydrogen-bond donors (Lipinski definition) is 0. The average molecular weight is 297 g/mol. The van der Waals surface area contributed by atoms with E-state index in [4.69, 9.17) is 11.6 Å². The number of hydrogen-bond acceptors (Lipinski definition) is 1. The maximum atomic E-state index is 13.4. The standard InChI is InChI=1S/C15H8ClF3O/c16-11-8-10(4-6-12(11)17)14(20)7-5-9-2-1-3-13(18)15(9)19/h1-8H/b7-5+. The fourth-order valence-corrected chi connectivity index (χ4v) is 1.74. The quantitative estimate of drug-likeness (QED) is 0.595. The molecule has 0 fully saturated rings. The van der Waals surface area contributed by atoms with Gasteiger partial charge in [0.2, 0.25) is 0 Å². The Kier molecular flexibility index (Phi) is 4.25. The fourth-order valence-electron chi connectivity index (χ4n) is 1.56. The molecule has 5 heteroatoms. The van der Waals surface area contributed by atoms with E-state index in [9.17, 15) is 18.0 Å². The number of benzene rings is 2. The van der Waals surface area contributed by atoms with Crippen LogP contribution in [-0.4, -0.2) is 5.78 Å². The molecule has 0 amide bonds. The van der Waals surface area contributed by atoms with Crippen LogP contribution in [0.3, 0.4) is 0 Å². The minimum Gasteiger partial charge on any atom is -0.289 e. The molecular formula is C15H8ClF3O. The Balaban J connectivity index is 2.24. The third kappa shape index (κ3) is 3.08. The van der Waals surface area contributed by atoms with Gasteiger partial charge in [-0.15, -0.1) is 0 Å². The van der Waals surface area contributed by atoms with Crippen LogP contribution in [0.15, 0.2) is 42.5 Å². The van der Waals surface area contributed by atoms with Crippen LogP contribution in [0.2, 0.25) is 5.02 Å². The number of carbonyl (C=O) groups is 1. The molecule has 2 aromatic carbocycles. The van der Waals surface area contributed by atoms with Crippen LogP contribution in [-0.2, 0) is 0 Å². The van der Waals surface area contributed by atoms with E-state index in [1.165, 1.54) is 24.3 Å². The smallest absolute Gasteiger partial charge is 0.185 e. The Bertz CT molecular complexity index is 696. The van der Waals surface area contributed by atoms with Gasteiger partial charge in [0.15, 0.2) is 17.4 Å². The van der Waals surface area contributed by atoms with E-state index < -0.39 is 23.2 Å². The molecule has 0 aliphatic heterocycles. The van der Waals surface area contributed by atoms with E-state index in [-0.39, 0.29) is 16.1 Å². The van der Waals surface area contributed by atoms with E-state index in [2.05, 4.69) is 0 Å². The predicted octanol–water partition coefficient (Wildman–Crippen LogP) is 4.65. The first kappa shape index (κ1) is 14.3. The molecule has 0 unspecified atom stereocenters. The SMILES string of the molecule is O=C(/C=C/c1cccc(F)c1F)c1ccc(F)c(Cl)c1. The van der Waals surface area contributed by atoms with Crippen LogP contribution in [0.25, 0.3) is 6.08 Å². The van der Waals surface area contributed by atoms with Gasteiger partial charge >= 0.3 is 0 Å². The summed E-state index contributed by atoms with van der Waals surface area (Å²) in [7, 11) is 0. The first-order chi connectivity index (χ1) is 9.49. The van der Waals surface area contributed by atoms with Crippen LogP contribution < -0.4 is 0 Å². The molecule has 0 atom stereocenters. The third-order valence-corrected chi connectivity index (χ3v) is 2.89. The molecule has 1 nitrogen and oxygen atoms in total. The molecule has 0 heterocycles. The summed E-state index contributed by atoms with van der Waals surface area (Å²) in [5.41, 5.74) is 0.107. The predicted molar refractivity (Wildman–Crippen MR) is 71.1 cm³/mol. The minimum absolute atomic E-state index is 0.0495. The van der Waals surface area contributed by atoms with Gasteiger partial charge in [0.1, 0.15) is 5.82 Å². The lowest BCUT2D eigenvalue weighted by atomic mass is 10.1. The lowest BCUT2D eigenvalue weighted by Crippen LogP contribution is -1.95. The minimum atomic E-state index is -1.03. The van der Waals surface area contributed by atoms with Gasteiger partial charge in [-0.25, -0.2) is 13.2 Å². The van der Waals surface area contributed by atoms with Crippen molar-refractivity contribution in [2.24, 2.45) is 0 Å². The van der Waals surface area contributed by atoms with Crippen molar-refractivity contribution in [2.45, 2.75) is 0 Å². The molecule has 0 radical (unpaired) electrons. The second kappa shape index (κ2) is 5.92. The molecule has 0 spiro atoms. The molecule has 2 rings (SSSR count). The Morgan fingerprint density at radius 1 is 1.05 bits per heavy atom. The second-order valence-corrected chi connectivity index (χ2v) is 4.38. The van der Waals surface area contributed by atoms with Gasteiger partial charge in [0, 0.05) is 11.1 Å². The number of rotatable bonds is 3. The van der Waals surface area contributed by atoms with E-state index in [0.29, 0.717) is 0 Å². The van der Waals surface area contributed by atoms with Crippen LogP contribution >= 0.6 is 11.6 Å². The summed E-state index contributed by atoms with van der Waals surface area (Å²) < 4.78 is 39.3. The molecule has 0 saturated carbocycles. The Labute approximate surface area is 118 Å². The van der Waals surface area contributed by atoms with Gasteiger partial charge in [-0.05, 0) is 36.4 Å². The van der Waals surface area contributed by atoms with Gasteiger partial charge in [-0.2, -0.15) is 0 Å². The largest absolute Gasteiger partial charge is 0.289 e. The van der Waals surface area contributed by atoms with Crippen molar-refractivity contribution in [2.75, 3.05) is 0 Å². The first-order valence-corrected chi connectivity index (χ1v) is 5.98. The van der Waals surface area contributed by atoms with Crippen LogP contribution in [0, 0.1) is 17.5 Å². The van der Waals surface area contributed by atoms with Gasteiger partial charge < -0.3 is 0 Å². The second-order valence-electron chi connectivity index (χ2n) is 3.97.